The Balaban J connectivity index is -0.0000000326. The third-order valence-corrected chi connectivity index (χ3v) is 0. The second-order valence-corrected chi connectivity index (χ2v) is 1.57. The van der Waals surface area contributed by atoms with Crippen LogP contribution in [0.3, 0.4) is 0 Å². The Morgan fingerprint density at radius 3 is 1.40 bits per heavy atom. The van der Waals surface area contributed by atoms with E-state index in [1.54, 1.807) is 6.92 Å². The molecule has 0 saturated heterocycles. The number of quaternary nitrogens is 2. The molecular weight excluding hydrogens is 164 g/mol. The molecule has 68 valence electrons. The predicted octanol–water partition coefficient (Wildman–Crippen LogP) is -0.876. The average Bonchev–Trinajstić information content (AvgIpc) is 1.27. The Hall–Kier alpha value is -0.250. The van der Waals surface area contributed by atoms with Crippen LogP contribution < -0.4 is 17.4 Å². The first-order valence-corrected chi connectivity index (χ1v) is 3.04. The molecule has 0 fully saturated rings. The number of hydrogen-bond acceptors (Lipinski definition) is 4. The zero-order valence-electron chi connectivity index (χ0n) is 6.20. The van der Waals surface area contributed by atoms with Crippen molar-refractivity contribution in [3.05, 3.63) is 0 Å². The lowest BCUT2D eigenvalue weighted by Gasteiger charge is -1.88. The minimum absolute atomic E-state index is 0. The minimum Gasteiger partial charge on any atom is -0.855 e. The lowest BCUT2D eigenvalue weighted by molar-refractivity contribution is -0.361. The molecular formula is C2H14N2O5S. The largest absolute Gasteiger partial charge is 0.855 e. The summed E-state index contributed by atoms with van der Waals surface area (Å²) in [5.41, 5.74) is 0. The predicted molar refractivity (Wildman–Crippen MR) is 34.8 cm³/mol. The molecule has 0 aromatic rings. The van der Waals surface area contributed by atoms with Crippen molar-refractivity contribution in [2.75, 3.05) is 6.61 Å². The first kappa shape index (κ1) is 22.6. The van der Waals surface area contributed by atoms with Crippen molar-refractivity contribution >= 4 is 10.4 Å². The molecule has 8 heteroatoms. The Kier molecular flexibility index (Phi) is 26.0. The van der Waals surface area contributed by atoms with Crippen LogP contribution in [-0.4, -0.2) is 24.1 Å². The third kappa shape index (κ3) is 5650. The molecule has 10 heavy (non-hydrogen) atoms. The fraction of sp³-hybridized carbons (Fsp3) is 1.00. The van der Waals surface area contributed by atoms with Crippen molar-refractivity contribution in [2.45, 2.75) is 6.92 Å². The van der Waals surface area contributed by atoms with Crippen molar-refractivity contribution in [2.24, 2.45) is 0 Å². The molecule has 0 aliphatic carbocycles. The monoisotopic (exact) mass is 178 g/mol. The highest BCUT2D eigenvalue weighted by Crippen LogP contribution is 1.58. The quantitative estimate of drug-likeness (QED) is 0.322. The zero-order valence-corrected chi connectivity index (χ0v) is 7.01. The summed E-state index contributed by atoms with van der Waals surface area (Å²) in [5, 5.41) is 8.93. The molecule has 0 unspecified atom stereocenters. The van der Waals surface area contributed by atoms with Gasteiger partial charge in [-0.2, -0.15) is 0 Å². The molecule has 0 heterocycles. The highest BCUT2D eigenvalue weighted by atomic mass is 32.3. The molecule has 0 rings (SSSR count). The maximum atomic E-state index is 8.93. The normalized spacial score (nSPS) is 7.60. The molecule has 0 bridgehead atoms. The van der Waals surface area contributed by atoms with Crippen molar-refractivity contribution in [1.82, 2.24) is 12.3 Å². The van der Waals surface area contributed by atoms with Crippen LogP contribution in [0.15, 0.2) is 0 Å². The maximum absolute atomic E-state index is 8.93. The van der Waals surface area contributed by atoms with Crippen molar-refractivity contribution in [3.8, 4) is 0 Å². The molecule has 0 amide bonds. The molecule has 0 aliphatic rings. The van der Waals surface area contributed by atoms with Gasteiger partial charge in [0.1, 0.15) is 0 Å². The van der Waals surface area contributed by atoms with E-state index >= 15 is 0 Å². The summed E-state index contributed by atoms with van der Waals surface area (Å²) < 4.78 is 32.8. The van der Waals surface area contributed by atoms with Gasteiger partial charge in [-0.25, -0.2) is 8.42 Å². The fourth-order valence-electron chi connectivity index (χ4n) is 0. The van der Waals surface area contributed by atoms with Gasteiger partial charge in [0.2, 0.25) is 10.4 Å². The van der Waals surface area contributed by atoms with Crippen molar-refractivity contribution in [1.29, 1.82) is 0 Å². The molecule has 0 atom stereocenters. The van der Waals surface area contributed by atoms with E-state index in [0.29, 0.717) is 0 Å². The van der Waals surface area contributed by atoms with Gasteiger partial charge in [-0.15, -0.1) is 6.61 Å². The molecule has 7 nitrogen and oxygen atoms in total. The second kappa shape index (κ2) is 11.5. The standard InChI is InChI=1S/C2H5O.2H3N.H2O4S/c1-2-3;;;1-5(2,3)4/h2H2,1H3;2*1H3;(H2,1,2,3,4)/q-1;;;/p+1. The van der Waals surface area contributed by atoms with E-state index < -0.39 is 10.4 Å². The highest BCUT2D eigenvalue weighted by Gasteiger charge is 1.67. The van der Waals surface area contributed by atoms with Crippen LogP contribution in [0.5, 0.6) is 0 Å². The van der Waals surface area contributed by atoms with Crippen LogP contribution in [0.2, 0.25) is 0 Å². The SMILES string of the molecule is CC[O-].O=S(=O)([O-])O.[NH4+].[NH4+]. The smallest absolute Gasteiger partial charge is 0.215 e. The first-order valence-electron chi connectivity index (χ1n) is 1.68. The summed E-state index contributed by atoms with van der Waals surface area (Å²) in [6, 6.07) is 0. The molecule has 0 aliphatic heterocycles. The van der Waals surface area contributed by atoms with Gasteiger partial charge in [-0.1, -0.05) is 6.92 Å². The van der Waals surface area contributed by atoms with E-state index in [-0.39, 0.29) is 18.9 Å². The lowest BCUT2D eigenvalue weighted by atomic mass is 10.9. The molecule has 0 spiro atoms. The van der Waals surface area contributed by atoms with E-state index in [1.807, 2.05) is 0 Å². The maximum Gasteiger partial charge on any atom is 0.215 e. The topological polar surface area (TPSA) is 173 Å². The van der Waals surface area contributed by atoms with Gasteiger partial charge in [-0.3, -0.25) is 4.55 Å². The van der Waals surface area contributed by atoms with Gasteiger partial charge in [0.05, 0.1) is 0 Å². The van der Waals surface area contributed by atoms with Crippen molar-refractivity contribution < 1.29 is 22.6 Å². The van der Waals surface area contributed by atoms with Gasteiger partial charge < -0.3 is 22.0 Å². The fourth-order valence-corrected chi connectivity index (χ4v) is 0. The van der Waals surface area contributed by atoms with E-state index in [1.165, 1.54) is 0 Å². The van der Waals surface area contributed by atoms with Crippen LogP contribution in [0, 0.1) is 0 Å². The van der Waals surface area contributed by atoms with Crippen LogP contribution >= 0.6 is 0 Å². The summed E-state index contributed by atoms with van der Waals surface area (Å²) in [6.45, 7) is 1.57. The summed E-state index contributed by atoms with van der Waals surface area (Å²) in [6.07, 6.45) is 0. The van der Waals surface area contributed by atoms with E-state index in [0.717, 1.165) is 0 Å². The summed E-state index contributed by atoms with van der Waals surface area (Å²) >= 11 is 0. The molecule has 0 radical (unpaired) electrons. The minimum atomic E-state index is -4.92. The van der Waals surface area contributed by atoms with Gasteiger partial charge >= 0.3 is 0 Å². The summed E-state index contributed by atoms with van der Waals surface area (Å²) in [4.78, 5) is 0. The third-order valence-electron chi connectivity index (χ3n) is 0. The van der Waals surface area contributed by atoms with Crippen LogP contribution in [-0.2, 0) is 10.4 Å². The summed E-state index contributed by atoms with van der Waals surface area (Å²) in [7, 11) is -4.92. The highest BCUT2D eigenvalue weighted by molar-refractivity contribution is 7.79. The van der Waals surface area contributed by atoms with Crippen LogP contribution in [0.4, 0.5) is 0 Å². The second-order valence-electron chi connectivity index (χ2n) is 0.716. The van der Waals surface area contributed by atoms with E-state index in [9.17, 15) is 0 Å². The van der Waals surface area contributed by atoms with Gasteiger partial charge in [0.15, 0.2) is 0 Å². The van der Waals surface area contributed by atoms with Crippen molar-refractivity contribution in [3.63, 3.8) is 0 Å². The van der Waals surface area contributed by atoms with E-state index in [2.05, 4.69) is 0 Å². The number of rotatable bonds is 0. The molecule has 9 N–H and O–H groups in total. The Labute approximate surface area is 59.8 Å². The molecule has 0 saturated carbocycles. The van der Waals surface area contributed by atoms with E-state index in [4.69, 9.17) is 22.6 Å². The van der Waals surface area contributed by atoms with Gasteiger partial charge in [0.25, 0.3) is 0 Å². The Morgan fingerprint density at radius 2 is 1.40 bits per heavy atom. The Bertz CT molecular complexity index is 112. The zero-order chi connectivity index (χ0) is 7.21. The molecule has 0 aromatic heterocycles. The molecule has 0 aromatic carbocycles. The van der Waals surface area contributed by atoms with Gasteiger partial charge in [0, 0.05) is 0 Å². The van der Waals surface area contributed by atoms with Crippen LogP contribution in [0.25, 0.3) is 0 Å². The van der Waals surface area contributed by atoms with Gasteiger partial charge in [-0.05, 0) is 0 Å². The Morgan fingerprint density at radius 1 is 1.40 bits per heavy atom. The average molecular weight is 178 g/mol. The lowest BCUT2D eigenvalue weighted by Crippen LogP contribution is -1.97. The van der Waals surface area contributed by atoms with Crippen LogP contribution in [0.1, 0.15) is 6.92 Å². The summed E-state index contributed by atoms with van der Waals surface area (Å²) in [5.74, 6) is 0. The number of hydrogen-bond donors (Lipinski definition) is 3. The first-order chi connectivity index (χ1) is 3.41.